The van der Waals surface area contributed by atoms with Crippen molar-refractivity contribution < 1.29 is 4.79 Å². The van der Waals surface area contributed by atoms with Gasteiger partial charge in [-0.05, 0) is 12.6 Å². The summed E-state index contributed by atoms with van der Waals surface area (Å²) in [4.78, 5) is 24.2. The lowest BCUT2D eigenvalue weighted by atomic mass is 10.1. The molecule has 23 heavy (non-hydrogen) atoms. The first-order valence-corrected chi connectivity index (χ1v) is 7.73. The standard InChI is InChI=1S/C16H20N6O/c1-3-21-6-7-22(11-14(21)15-18-4-5-20(15)2)16(23)13-8-12(9-17)10-19-13/h4-5,8,10,14,19H,3,6-7,11H2,1-2H3/t14-/m1/s1. The van der Waals surface area contributed by atoms with Crippen molar-refractivity contribution in [1.29, 1.82) is 5.26 Å². The monoisotopic (exact) mass is 312 g/mol. The van der Waals surface area contributed by atoms with Crippen molar-refractivity contribution in [2.75, 3.05) is 26.2 Å². The third-order valence-electron chi connectivity index (χ3n) is 4.38. The highest BCUT2D eigenvalue weighted by molar-refractivity contribution is 5.93. The molecule has 0 spiro atoms. The zero-order valence-corrected chi connectivity index (χ0v) is 13.4. The number of carbonyl (C=O) groups is 1. The molecule has 2 aromatic heterocycles. The second-order valence-corrected chi connectivity index (χ2v) is 5.71. The van der Waals surface area contributed by atoms with Gasteiger partial charge >= 0.3 is 0 Å². The number of H-pyrrole nitrogens is 1. The Morgan fingerprint density at radius 1 is 1.52 bits per heavy atom. The topological polar surface area (TPSA) is 81.0 Å². The second kappa shape index (κ2) is 6.26. The zero-order chi connectivity index (χ0) is 16.4. The summed E-state index contributed by atoms with van der Waals surface area (Å²) in [6.45, 7) is 5.12. The molecule has 0 saturated carbocycles. The number of likely N-dealkylation sites (N-methyl/N-ethyl adjacent to an activating group) is 1. The summed E-state index contributed by atoms with van der Waals surface area (Å²) < 4.78 is 2.00. The number of nitrogens with one attached hydrogen (secondary N) is 1. The van der Waals surface area contributed by atoms with Crippen molar-refractivity contribution in [3.63, 3.8) is 0 Å². The molecule has 1 N–H and O–H groups in total. The Bertz CT molecular complexity index is 740. The summed E-state index contributed by atoms with van der Waals surface area (Å²) in [7, 11) is 1.97. The van der Waals surface area contributed by atoms with Gasteiger partial charge in [0.15, 0.2) is 0 Å². The van der Waals surface area contributed by atoms with Crippen molar-refractivity contribution in [2.24, 2.45) is 7.05 Å². The van der Waals surface area contributed by atoms with Gasteiger partial charge in [0.05, 0.1) is 11.6 Å². The smallest absolute Gasteiger partial charge is 0.270 e. The minimum atomic E-state index is -0.0681. The van der Waals surface area contributed by atoms with Crippen LogP contribution in [0.25, 0.3) is 0 Å². The van der Waals surface area contributed by atoms with Gasteiger partial charge in [0, 0.05) is 45.3 Å². The van der Waals surface area contributed by atoms with E-state index >= 15 is 0 Å². The highest BCUT2D eigenvalue weighted by Crippen LogP contribution is 2.24. The Balaban J connectivity index is 1.81. The van der Waals surface area contributed by atoms with Crippen LogP contribution in [0.2, 0.25) is 0 Å². The van der Waals surface area contributed by atoms with Gasteiger partial charge in [0.2, 0.25) is 0 Å². The molecule has 7 heteroatoms. The van der Waals surface area contributed by atoms with Gasteiger partial charge in [0.1, 0.15) is 17.6 Å². The van der Waals surface area contributed by atoms with E-state index in [1.54, 1.807) is 18.5 Å². The van der Waals surface area contributed by atoms with E-state index in [-0.39, 0.29) is 11.9 Å². The number of nitriles is 1. The van der Waals surface area contributed by atoms with Crippen molar-refractivity contribution in [2.45, 2.75) is 13.0 Å². The van der Waals surface area contributed by atoms with E-state index in [1.165, 1.54) is 0 Å². The summed E-state index contributed by atoms with van der Waals surface area (Å²) in [5, 5.41) is 8.89. The summed E-state index contributed by atoms with van der Waals surface area (Å²) in [6, 6.07) is 3.72. The van der Waals surface area contributed by atoms with Crippen LogP contribution in [0.4, 0.5) is 0 Å². The number of hydrogen-bond acceptors (Lipinski definition) is 4. The minimum Gasteiger partial charge on any atom is -0.356 e. The average molecular weight is 312 g/mol. The van der Waals surface area contributed by atoms with Gasteiger partial charge < -0.3 is 14.5 Å². The second-order valence-electron chi connectivity index (χ2n) is 5.71. The Morgan fingerprint density at radius 3 is 2.96 bits per heavy atom. The molecule has 1 saturated heterocycles. The molecule has 7 nitrogen and oxygen atoms in total. The number of nitrogens with zero attached hydrogens (tertiary/aromatic N) is 5. The maximum Gasteiger partial charge on any atom is 0.270 e. The number of rotatable bonds is 3. The highest BCUT2D eigenvalue weighted by Gasteiger charge is 2.32. The molecule has 1 aliphatic rings. The van der Waals surface area contributed by atoms with Crippen molar-refractivity contribution in [1.82, 2.24) is 24.3 Å². The number of piperazine rings is 1. The lowest BCUT2D eigenvalue weighted by Crippen LogP contribution is -2.51. The van der Waals surface area contributed by atoms with Gasteiger partial charge in [-0.3, -0.25) is 9.69 Å². The first kappa shape index (κ1) is 15.3. The molecular formula is C16H20N6O. The largest absolute Gasteiger partial charge is 0.356 e. The van der Waals surface area contributed by atoms with Crippen molar-refractivity contribution >= 4 is 5.91 Å². The number of amides is 1. The van der Waals surface area contributed by atoms with Crippen molar-refractivity contribution in [3.05, 3.63) is 41.7 Å². The van der Waals surface area contributed by atoms with E-state index in [2.05, 4.69) is 21.8 Å². The quantitative estimate of drug-likeness (QED) is 0.921. The van der Waals surface area contributed by atoms with Gasteiger partial charge in [0.25, 0.3) is 5.91 Å². The summed E-state index contributed by atoms with van der Waals surface area (Å²) >= 11 is 0. The highest BCUT2D eigenvalue weighted by atomic mass is 16.2. The molecule has 0 radical (unpaired) electrons. The van der Waals surface area contributed by atoms with E-state index in [1.807, 2.05) is 28.8 Å². The Labute approximate surface area is 135 Å². The van der Waals surface area contributed by atoms with Crippen LogP contribution in [0.5, 0.6) is 0 Å². The van der Waals surface area contributed by atoms with Crippen molar-refractivity contribution in [3.8, 4) is 6.07 Å². The molecule has 1 amide bonds. The van der Waals surface area contributed by atoms with E-state index in [4.69, 9.17) is 5.26 Å². The van der Waals surface area contributed by atoms with Crippen LogP contribution in [0.3, 0.4) is 0 Å². The molecule has 1 atom stereocenters. The fraction of sp³-hybridized carbons (Fsp3) is 0.438. The van der Waals surface area contributed by atoms with Crippen LogP contribution in [0.1, 0.15) is 34.8 Å². The number of hydrogen-bond donors (Lipinski definition) is 1. The Hall–Kier alpha value is -2.59. The SMILES string of the molecule is CCN1CCN(C(=O)c2cc(C#N)c[nH]2)C[C@@H]1c1nccn1C. The number of aromatic nitrogens is 3. The van der Waals surface area contributed by atoms with Crippen LogP contribution in [-0.4, -0.2) is 56.4 Å². The van der Waals surface area contributed by atoms with E-state index in [9.17, 15) is 4.79 Å². The summed E-state index contributed by atoms with van der Waals surface area (Å²) in [5.41, 5.74) is 0.936. The third kappa shape index (κ3) is 2.85. The molecule has 3 heterocycles. The fourth-order valence-electron chi connectivity index (χ4n) is 3.08. The van der Waals surface area contributed by atoms with Gasteiger partial charge in [-0.2, -0.15) is 5.26 Å². The maximum absolute atomic E-state index is 12.7. The van der Waals surface area contributed by atoms with Crippen LogP contribution >= 0.6 is 0 Å². The normalized spacial score (nSPS) is 18.8. The molecule has 2 aromatic rings. The molecule has 120 valence electrons. The average Bonchev–Trinajstić information content (AvgIpc) is 3.22. The summed E-state index contributed by atoms with van der Waals surface area (Å²) in [5.74, 6) is 0.898. The molecule has 0 bridgehead atoms. The molecule has 0 aromatic carbocycles. The fourth-order valence-corrected chi connectivity index (χ4v) is 3.08. The molecule has 0 aliphatic carbocycles. The third-order valence-corrected chi connectivity index (χ3v) is 4.38. The molecular weight excluding hydrogens is 292 g/mol. The number of imidazole rings is 1. The van der Waals surface area contributed by atoms with E-state index in [0.717, 1.165) is 18.9 Å². The lowest BCUT2D eigenvalue weighted by Gasteiger charge is -2.40. The van der Waals surface area contributed by atoms with Crippen LogP contribution in [0, 0.1) is 11.3 Å². The first-order valence-electron chi connectivity index (χ1n) is 7.73. The van der Waals surface area contributed by atoms with Gasteiger partial charge in [-0.15, -0.1) is 0 Å². The van der Waals surface area contributed by atoms with E-state index < -0.39 is 0 Å². The van der Waals surface area contributed by atoms with Crippen LogP contribution in [0.15, 0.2) is 24.7 Å². The maximum atomic E-state index is 12.7. The molecule has 0 unspecified atom stereocenters. The lowest BCUT2D eigenvalue weighted by molar-refractivity contribution is 0.0468. The van der Waals surface area contributed by atoms with E-state index in [0.29, 0.717) is 24.3 Å². The van der Waals surface area contributed by atoms with Crippen LogP contribution in [-0.2, 0) is 7.05 Å². The Kier molecular flexibility index (Phi) is 4.17. The Morgan fingerprint density at radius 2 is 2.35 bits per heavy atom. The van der Waals surface area contributed by atoms with Gasteiger partial charge in [-0.1, -0.05) is 6.92 Å². The summed E-state index contributed by atoms with van der Waals surface area (Å²) in [6.07, 6.45) is 5.27. The predicted octanol–water partition coefficient (Wildman–Crippen LogP) is 1.14. The molecule has 1 fully saturated rings. The number of aromatic amines is 1. The minimum absolute atomic E-state index is 0.0681. The van der Waals surface area contributed by atoms with Gasteiger partial charge in [-0.25, -0.2) is 4.98 Å². The number of carbonyl (C=O) groups excluding carboxylic acids is 1. The predicted molar refractivity (Wildman–Crippen MR) is 84.6 cm³/mol. The first-order chi connectivity index (χ1) is 11.1. The number of aryl methyl sites for hydroxylation is 1. The van der Waals surface area contributed by atoms with Crippen LogP contribution < -0.4 is 0 Å². The zero-order valence-electron chi connectivity index (χ0n) is 13.4. The molecule has 1 aliphatic heterocycles. The molecule has 3 rings (SSSR count).